The smallest absolute Gasteiger partial charge is 0.490 e. The van der Waals surface area contributed by atoms with Gasteiger partial charge in [0.05, 0.1) is 30.5 Å². The number of halogens is 6. The van der Waals surface area contributed by atoms with Crippen LogP contribution in [0.3, 0.4) is 0 Å². The van der Waals surface area contributed by atoms with Gasteiger partial charge in [0.15, 0.2) is 0 Å². The molecule has 1 aromatic carbocycles. The number of carboxylic acid groups (broad SMARTS) is 1. The fourth-order valence-electron chi connectivity index (χ4n) is 3.05. The van der Waals surface area contributed by atoms with Gasteiger partial charge >= 0.3 is 18.1 Å². The van der Waals surface area contributed by atoms with Gasteiger partial charge in [0.25, 0.3) is 10.0 Å². The van der Waals surface area contributed by atoms with Crippen molar-refractivity contribution < 1.29 is 50.9 Å². The molecule has 0 bridgehead atoms. The summed E-state index contributed by atoms with van der Waals surface area (Å²) in [5.74, 6) is -3.88. The maximum absolute atomic E-state index is 12.6. The number of aromatic hydroxyl groups is 1. The molecule has 0 spiro atoms. The first-order valence-electron chi connectivity index (χ1n) is 10.9. The number of nitrogens with zero attached hydrogens (tertiary/aromatic N) is 1. The van der Waals surface area contributed by atoms with Crippen molar-refractivity contribution in [3.63, 3.8) is 0 Å². The monoisotopic (exact) mass is 656 g/mol. The van der Waals surface area contributed by atoms with E-state index in [2.05, 4.69) is 9.62 Å². The number of hydrogen-bond donors (Lipinski definition) is 3. The molecule has 2 aromatic rings. The number of thiophene rings is 1. The molecule has 39 heavy (non-hydrogen) atoms. The standard InChI is InChI=1S/C19H21Cl3N2O6S2.C2HF3O2/c20-15-16(18(22)31-17(15)21)32(27,28)23-12-3-4-13(14(25)11-12)19(26)30-8-2-1-5-24-6-9-29-10-7-24;3-2(4,5)1(6)7/h3-4,11,23,25H,1-2,5-10H2;(H,6,7). The third-order valence-electron chi connectivity index (χ3n) is 4.92. The predicted octanol–water partition coefficient (Wildman–Crippen LogP) is 5.12. The Kier molecular flexibility index (Phi) is 12.4. The second-order valence-corrected chi connectivity index (χ2v) is 12.0. The quantitative estimate of drug-likeness (QED) is 0.248. The Balaban J connectivity index is 0.000000673. The van der Waals surface area contributed by atoms with Crippen molar-refractivity contribution >= 4 is 73.8 Å². The number of benzene rings is 1. The van der Waals surface area contributed by atoms with E-state index in [9.17, 15) is 31.5 Å². The number of phenols is 1. The Morgan fingerprint density at radius 1 is 1.13 bits per heavy atom. The van der Waals surface area contributed by atoms with Gasteiger partial charge in [-0.2, -0.15) is 13.2 Å². The van der Waals surface area contributed by atoms with Gasteiger partial charge in [0, 0.05) is 19.2 Å². The molecule has 3 rings (SSSR count). The Bertz CT molecular complexity index is 1270. The third-order valence-corrected chi connectivity index (χ3v) is 8.91. The van der Waals surface area contributed by atoms with E-state index in [1.807, 2.05) is 0 Å². The lowest BCUT2D eigenvalue weighted by molar-refractivity contribution is -0.192. The van der Waals surface area contributed by atoms with Gasteiger partial charge < -0.3 is 19.7 Å². The van der Waals surface area contributed by atoms with Gasteiger partial charge in [-0.3, -0.25) is 9.62 Å². The van der Waals surface area contributed by atoms with E-state index in [0.717, 1.165) is 56.7 Å². The Hall–Kier alpha value is -2.01. The molecule has 0 aliphatic carbocycles. The highest BCUT2D eigenvalue weighted by atomic mass is 35.5. The number of morpholine rings is 1. The number of esters is 1. The molecular weight excluding hydrogens is 636 g/mol. The SMILES string of the molecule is O=C(O)C(F)(F)F.O=C(OCCCCN1CCOCC1)c1ccc(NS(=O)(=O)c2c(Cl)sc(Cl)c2Cl)cc1O. The zero-order valence-corrected chi connectivity index (χ0v) is 23.7. The van der Waals surface area contributed by atoms with Gasteiger partial charge in [-0.05, 0) is 31.5 Å². The van der Waals surface area contributed by atoms with E-state index < -0.39 is 33.9 Å². The number of unbranched alkanes of at least 4 members (excludes halogenated alkanes) is 1. The highest BCUT2D eigenvalue weighted by Gasteiger charge is 2.38. The first-order chi connectivity index (χ1) is 18.1. The summed E-state index contributed by atoms with van der Waals surface area (Å²) in [6.07, 6.45) is -3.52. The molecule has 1 saturated heterocycles. The minimum Gasteiger partial charge on any atom is -0.507 e. The molecule has 0 unspecified atom stereocenters. The minimum atomic E-state index is -5.08. The highest BCUT2D eigenvalue weighted by Crippen LogP contribution is 2.43. The predicted molar refractivity (Wildman–Crippen MR) is 139 cm³/mol. The fraction of sp³-hybridized carbons (Fsp3) is 0.429. The van der Waals surface area contributed by atoms with Crippen LogP contribution in [0.2, 0.25) is 13.7 Å². The lowest BCUT2D eigenvalue weighted by atomic mass is 10.2. The lowest BCUT2D eigenvalue weighted by Gasteiger charge is -2.26. The molecule has 1 aliphatic rings. The van der Waals surface area contributed by atoms with Crippen molar-refractivity contribution in [2.24, 2.45) is 0 Å². The number of anilines is 1. The van der Waals surface area contributed by atoms with Crippen LogP contribution in [0, 0.1) is 0 Å². The Labute approximate surface area is 240 Å². The van der Waals surface area contributed by atoms with Gasteiger partial charge in [-0.15, -0.1) is 11.3 Å². The molecule has 1 aromatic heterocycles. The van der Waals surface area contributed by atoms with Crippen molar-refractivity contribution in [2.75, 3.05) is 44.2 Å². The number of carboxylic acids is 1. The summed E-state index contributed by atoms with van der Waals surface area (Å²) in [5.41, 5.74) is -0.0604. The van der Waals surface area contributed by atoms with Crippen molar-refractivity contribution in [3.8, 4) is 5.75 Å². The van der Waals surface area contributed by atoms with E-state index in [4.69, 9.17) is 54.2 Å². The number of carbonyl (C=O) groups is 2. The molecule has 218 valence electrons. The van der Waals surface area contributed by atoms with Crippen molar-refractivity contribution in [2.45, 2.75) is 23.9 Å². The van der Waals surface area contributed by atoms with Crippen molar-refractivity contribution in [3.05, 3.63) is 37.5 Å². The molecule has 0 radical (unpaired) electrons. The van der Waals surface area contributed by atoms with Crippen LogP contribution in [0.1, 0.15) is 23.2 Å². The number of alkyl halides is 3. The average Bonchev–Trinajstić information content (AvgIpc) is 3.10. The van der Waals surface area contributed by atoms with Crippen LogP contribution >= 0.6 is 46.1 Å². The lowest BCUT2D eigenvalue weighted by Crippen LogP contribution is -2.36. The molecule has 1 aliphatic heterocycles. The molecule has 0 saturated carbocycles. The first-order valence-corrected chi connectivity index (χ1v) is 14.3. The van der Waals surface area contributed by atoms with Crippen molar-refractivity contribution in [1.82, 2.24) is 4.90 Å². The number of hydrogen-bond acceptors (Lipinski definition) is 9. The van der Waals surface area contributed by atoms with Crippen LogP contribution in [0.4, 0.5) is 18.9 Å². The van der Waals surface area contributed by atoms with Crippen molar-refractivity contribution in [1.29, 1.82) is 0 Å². The Morgan fingerprint density at radius 3 is 2.26 bits per heavy atom. The molecule has 0 amide bonds. The zero-order valence-electron chi connectivity index (χ0n) is 19.8. The summed E-state index contributed by atoms with van der Waals surface area (Å²) >= 11 is 18.5. The molecule has 3 N–H and O–H groups in total. The average molecular weight is 658 g/mol. The molecule has 1 fully saturated rings. The number of ether oxygens (including phenoxy) is 2. The van der Waals surface area contributed by atoms with E-state index in [0.29, 0.717) is 6.42 Å². The number of aliphatic carboxylic acids is 1. The Morgan fingerprint density at radius 2 is 1.74 bits per heavy atom. The summed E-state index contributed by atoms with van der Waals surface area (Å²) < 4.78 is 69.6. The van der Waals surface area contributed by atoms with Crippen LogP contribution in [0.25, 0.3) is 0 Å². The summed E-state index contributed by atoms with van der Waals surface area (Å²) in [7, 11) is -4.16. The largest absolute Gasteiger partial charge is 0.507 e. The molecule has 18 heteroatoms. The van der Waals surface area contributed by atoms with E-state index in [1.165, 1.54) is 12.1 Å². The molecule has 10 nitrogen and oxygen atoms in total. The van der Waals surface area contributed by atoms with Gasteiger partial charge in [0.2, 0.25) is 0 Å². The topological polar surface area (TPSA) is 142 Å². The molecular formula is C21H22Cl3F3N2O8S2. The summed E-state index contributed by atoms with van der Waals surface area (Å²) in [6, 6.07) is 3.69. The minimum absolute atomic E-state index is 0.0130. The van der Waals surface area contributed by atoms with Crippen LogP contribution < -0.4 is 4.72 Å². The number of phenolic OH excluding ortho intramolecular Hbond substituents is 1. The first kappa shape index (κ1) is 33.2. The summed E-state index contributed by atoms with van der Waals surface area (Å²) in [4.78, 5) is 23.1. The summed E-state index contributed by atoms with van der Waals surface area (Å²) in [5, 5.41) is 17.1. The van der Waals surface area contributed by atoms with Crippen LogP contribution in [0.15, 0.2) is 23.1 Å². The zero-order chi connectivity index (χ0) is 29.4. The number of nitrogens with one attached hydrogen (secondary N) is 1. The van der Waals surface area contributed by atoms with E-state index >= 15 is 0 Å². The maximum Gasteiger partial charge on any atom is 0.490 e. The maximum atomic E-state index is 12.6. The third kappa shape index (κ3) is 10.2. The number of carbonyl (C=O) groups excluding carboxylic acids is 1. The van der Waals surface area contributed by atoms with E-state index in [-0.39, 0.29) is 36.4 Å². The highest BCUT2D eigenvalue weighted by molar-refractivity contribution is 7.93. The van der Waals surface area contributed by atoms with Gasteiger partial charge in [-0.25, -0.2) is 18.0 Å². The molecule has 2 heterocycles. The molecule has 0 atom stereocenters. The fourth-order valence-corrected chi connectivity index (χ4v) is 6.95. The number of rotatable bonds is 9. The van der Waals surface area contributed by atoms with Gasteiger partial charge in [-0.1, -0.05) is 34.8 Å². The van der Waals surface area contributed by atoms with Gasteiger partial charge in [0.1, 0.15) is 24.9 Å². The number of sulfonamides is 1. The van der Waals surface area contributed by atoms with Crippen LogP contribution in [-0.4, -0.2) is 81.1 Å². The van der Waals surface area contributed by atoms with Crippen LogP contribution in [-0.2, 0) is 24.3 Å². The normalized spacial score (nSPS) is 14.3. The van der Waals surface area contributed by atoms with Crippen LogP contribution in [0.5, 0.6) is 5.75 Å². The second kappa shape index (κ2) is 14.6. The van der Waals surface area contributed by atoms with E-state index in [1.54, 1.807) is 0 Å². The second-order valence-electron chi connectivity index (χ2n) is 7.73. The summed E-state index contributed by atoms with van der Waals surface area (Å²) in [6.45, 7) is 4.41.